The zero-order valence-electron chi connectivity index (χ0n) is 10.7. The second-order valence-corrected chi connectivity index (χ2v) is 5.78. The summed E-state index contributed by atoms with van der Waals surface area (Å²) < 4.78 is 39.1. The third kappa shape index (κ3) is 2.14. The Kier molecular flexibility index (Phi) is 2.69. The van der Waals surface area contributed by atoms with Gasteiger partial charge < -0.3 is 5.73 Å². The largest absolute Gasteiger partial charge is 0.435 e. The average Bonchev–Trinajstić information content (AvgIpc) is 2.74. The number of alkyl halides is 3. The van der Waals surface area contributed by atoms with Gasteiger partial charge in [0, 0.05) is 32.2 Å². The number of hydrogen-bond acceptors (Lipinski definition) is 3. The molecule has 3 rings (SSSR count). The predicted molar refractivity (Wildman–Crippen MR) is 63.1 cm³/mol. The van der Waals surface area contributed by atoms with Crippen LogP contribution >= 0.6 is 0 Å². The lowest BCUT2D eigenvalue weighted by molar-refractivity contribution is -0.141. The Morgan fingerprint density at radius 2 is 2.26 bits per heavy atom. The van der Waals surface area contributed by atoms with Gasteiger partial charge >= 0.3 is 6.18 Å². The predicted octanol–water partition coefficient (Wildman–Crippen LogP) is 1.36. The lowest BCUT2D eigenvalue weighted by Crippen LogP contribution is -2.54. The van der Waals surface area contributed by atoms with Crippen molar-refractivity contribution in [2.24, 2.45) is 18.7 Å². The van der Waals surface area contributed by atoms with Crippen molar-refractivity contribution in [2.45, 2.75) is 31.1 Å². The van der Waals surface area contributed by atoms with E-state index in [1.54, 1.807) is 7.05 Å². The van der Waals surface area contributed by atoms with Gasteiger partial charge in [0.25, 0.3) is 0 Å². The number of hydrogen-bond donors (Lipinski definition) is 1. The van der Waals surface area contributed by atoms with Crippen molar-refractivity contribution < 1.29 is 13.2 Å². The van der Waals surface area contributed by atoms with E-state index >= 15 is 0 Å². The first kappa shape index (κ1) is 12.9. The molecule has 19 heavy (non-hydrogen) atoms. The number of rotatable bonds is 2. The second-order valence-electron chi connectivity index (χ2n) is 5.78. The Morgan fingerprint density at radius 1 is 1.53 bits per heavy atom. The van der Waals surface area contributed by atoms with Crippen LogP contribution in [0.2, 0.25) is 0 Å². The van der Waals surface area contributed by atoms with E-state index in [2.05, 4.69) is 10.00 Å². The van der Waals surface area contributed by atoms with Gasteiger partial charge in [-0.3, -0.25) is 9.58 Å². The summed E-state index contributed by atoms with van der Waals surface area (Å²) >= 11 is 0. The van der Waals surface area contributed by atoms with Crippen molar-refractivity contribution in [3.8, 4) is 0 Å². The minimum atomic E-state index is -4.38. The summed E-state index contributed by atoms with van der Waals surface area (Å²) in [5.74, 6) is 0.503. The van der Waals surface area contributed by atoms with E-state index in [4.69, 9.17) is 5.73 Å². The van der Waals surface area contributed by atoms with Crippen LogP contribution in [-0.4, -0.2) is 33.3 Å². The highest BCUT2D eigenvalue weighted by Gasteiger charge is 2.50. The zero-order valence-corrected chi connectivity index (χ0v) is 10.7. The molecule has 0 unspecified atom stereocenters. The van der Waals surface area contributed by atoms with Crippen LogP contribution in [0.1, 0.15) is 24.2 Å². The molecule has 2 aliphatic rings. The van der Waals surface area contributed by atoms with Crippen LogP contribution in [0.3, 0.4) is 0 Å². The van der Waals surface area contributed by atoms with Gasteiger partial charge in [-0.1, -0.05) is 0 Å². The van der Waals surface area contributed by atoms with Gasteiger partial charge in [0.05, 0.1) is 5.69 Å². The van der Waals surface area contributed by atoms with Gasteiger partial charge in [0.15, 0.2) is 5.69 Å². The van der Waals surface area contributed by atoms with Gasteiger partial charge in [-0.25, -0.2) is 0 Å². The highest BCUT2D eigenvalue weighted by Crippen LogP contribution is 2.42. The Bertz CT molecular complexity index is 496. The Balaban J connectivity index is 1.72. The maximum atomic E-state index is 12.6. The molecule has 2 atom stereocenters. The van der Waals surface area contributed by atoms with Crippen molar-refractivity contribution >= 4 is 0 Å². The summed E-state index contributed by atoms with van der Waals surface area (Å²) in [7, 11) is 1.55. The van der Waals surface area contributed by atoms with E-state index in [1.807, 2.05) is 0 Å². The summed E-state index contributed by atoms with van der Waals surface area (Å²) in [4.78, 5) is 2.13. The van der Waals surface area contributed by atoms with Crippen molar-refractivity contribution in [1.82, 2.24) is 14.7 Å². The molecule has 1 saturated carbocycles. The third-order valence-electron chi connectivity index (χ3n) is 4.42. The van der Waals surface area contributed by atoms with Crippen molar-refractivity contribution in [1.29, 1.82) is 0 Å². The first-order valence-electron chi connectivity index (χ1n) is 6.39. The van der Waals surface area contributed by atoms with Gasteiger partial charge in [-0.2, -0.15) is 18.3 Å². The topological polar surface area (TPSA) is 47.1 Å². The van der Waals surface area contributed by atoms with Crippen molar-refractivity contribution in [3.63, 3.8) is 0 Å². The fraction of sp³-hybridized carbons (Fsp3) is 0.750. The van der Waals surface area contributed by atoms with Gasteiger partial charge in [0.2, 0.25) is 0 Å². The summed E-state index contributed by atoms with van der Waals surface area (Å²) in [5, 5.41) is 3.53. The molecule has 0 radical (unpaired) electrons. The summed E-state index contributed by atoms with van der Waals surface area (Å²) in [6.07, 6.45) is -2.23. The van der Waals surface area contributed by atoms with Crippen LogP contribution in [0.5, 0.6) is 0 Å². The summed E-state index contributed by atoms with van der Waals surface area (Å²) in [5.41, 5.74) is 5.87. The fourth-order valence-corrected chi connectivity index (χ4v) is 3.14. The smallest absolute Gasteiger partial charge is 0.324 e. The van der Waals surface area contributed by atoms with E-state index in [1.165, 1.54) is 4.68 Å². The van der Waals surface area contributed by atoms with Crippen LogP contribution in [0.4, 0.5) is 13.2 Å². The van der Waals surface area contributed by atoms with Gasteiger partial charge in [0.1, 0.15) is 0 Å². The SMILES string of the molecule is Cn1nc(C(F)(F)F)cc1CN1C[C@@H]2CC[C@]2(N)C1. The van der Waals surface area contributed by atoms with Crippen LogP contribution < -0.4 is 5.73 Å². The quantitative estimate of drug-likeness (QED) is 0.886. The molecule has 1 aliphatic carbocycles. The number of likely N-dealkylation sites (tertiary alicyclic amines) is 1. The molecule has 1 aromatic heterocycles. The second kappa shape index (κ2) is 3.96. The Labute approximate surface area is 109 Å². The van der Waals surface area contributed by atoms with Gasteiger partial charge in [-0.15, -0.1) is 0 Å². The fourth-order valence-electron chi connectivity index (χ4n) is 3.14. The number of nitrogens with two attached hydrogens (primary N) is 1. The summed E-state index contributed by atoms with van der Waals surface area (Å²) in [6, 6.07) is 1.13. The third-order valence-corrected chi connectivity index (χ3v) is 4.42. The molecule has 0 aromatic carbocycles. The molecule has 1 aromatic rings. The zero-order chi connectivity index (χ0) is 13.8. The Hall–Kier alpha value is -1.08. The van der Waals surface area contributed by atoms with Crippen molar-refractivity contribution in [2.75, 3.05) is 13.1 Å². The molecule has 2 fully saturated rings. The van der Waals surface area contributed by atoms with E-state index in [0.29, 0.717) is 18.2 Å². The van der Waals surface area contributed by atoms with Crippen LogP contribution in [0, 0.1) is 5.92 Å². The lowest BCUT2D eigenvalue weighted by atomic mass is 9.70. The molecular formula is C12H17F3N4. The standard InChI is InChI=1S/C12H17F3N4/c1-18-9(4-10(17-18)12(13,14)15)6-19-5-8-2-3-11(8,16)7-19/h4,8H,2-3,5-7,16H2,1H3/t8-,11-/m0/s1. The minimum absolute atomic E-state index is 0.106. The molecule has 0 spiro atoms. The van der Waals surface area contributed by atoms with Crippen LogP contribution in [-0.2, 0) is 19.8 Å². The molecule has 0 amide bonds. The molecular weight excluding hydrogens is 257 g/mol. The maximum absolute atomic E-state index is 12.6. The monoisotopic (exact) mass is 274 g/mol. The highest BCUT2D eigenvalue weighted by molar-refractivity contribution is 5.15. The highest BCUT2D eigenvalue weighted by atomic mass is 19.4. The van der Waals surface area contributed by atoms with E-state index in [-0.39, 0.29) is 5.54 Å². The molecule has 0 bridgehead atoms. The Morgan fingerprint density at radius 3 is 2.68 bits per heavy atom. The normalized spacial score (nSPS) is 31.3. The number of aryl methyl sites for hydroxylation is 1. The minimum Gasteiger partial charge on any atom is -0.324 e. The molecule has 1 saturated heterocycles. The van der Waals surface area contributed by atoms with E-state index in [0.717, 1.165) is 32.0 Å². The molecule has 106 valence electrons. The van der Waals surface area contributed by atoms with Crippen LogP contribution in [0.25, 0.3) is 0 Å². The van der Waals surface area contributed by atoms with E-state index in [9.17, 15) is 13.2 Å². The number of halogens is 3. The maximum Gasteiger partial charge on any atom is 0.435 e. The number of fused-ring (bicyclic) bond motifs is 1. The molecule has 7 heteroatoms. The lowest BCUT2D eigenvalue weighted by Gasteiger charge is -2.40. The molecule has 4 nitrogen and oxygen atoms in total. The van der Waals surface area contributed by atoms with Crippen molar-refractivity contribution in [3.05, 3.63) is 17.5 Å². The van der Waals surface area contributed by atoms with Crippen LogP contribution in [0.15, 0.2) is 6.07 Å². The summed E-state index contributed by atoms with van der Waals surface area (Å²) in [6.45, 7) is 2.13. The first-order valence-corrected chi connectivity index (χ1v) is 6.39. The van der Waals surface area contributed by atoms with E-state index < -0.39 is 11.9 Å². The van der Waals surface area contributed by atoms with Gasteiger partial charge in [-0.05, 0) is 24.8 Å². The number of aromatic nitrogens is 2. The average molecular weight is 274 g/mol. The molecule has 1 aliphatic heterocycles. The number of nitrogens with zero attached hydrogens (tertiary/aromatic N) is 3. The first-order chi connectivity index (χ1) is 8.78. The molecule has 2 heterocycles. The molecule has 2 N–H and O–H groups in total.